The number of rotatable bonds is 6. The molecule has 1 heterocycles. The number of thioether (sulfide) groups is 1. The summed E-state index contributed by atoms with van der Waals surface area (Å²) in [4.78, 5) is 36.4. The zero-order chi connectivity index (χ0) is 20.5. The van der Waals surface area contributed by atoms with Crippen molar-refractivity contribution in [3.05, 3.63) is 66.1 Å². The summed E-state index contributed by atoms with van der Waals surface area (Å²) in [6.45, 7) is -0.526. The highest BCUT2D eigenvalue weighted by molar-refractivity contribution is 8.02. The lowest BCUT2D eigenvalue weighted by Gasteiger charge is -2.25. The third kappa shape index (κ3) is 6.28. The van der Waals surface area contributed by atoms with Crippen LogP contribution in [0.1, 0.15) is 0 Å². The van der Waals surface area contributed by atoms with Gasteiger partial charge >= 0.3 is 5.97 Å². The molecule has 1 aliphatic heterocycles. The monoisotopic (exact) mass is 414 g/mol. The number of hydrogen-bond donors (Lipinski definition) is 2. The van der Waals surface area contributed by atoms with E-state index >= 15 is 0 Å². The smallest absolute Gasteiger partial charge is 0.331 e. The van der Waals surface area contributed by atoms with Crippen LogP contribution >= 0.6 is 11.8 Å². The van der Waals surface area contributed by atoms with Crippen molar-refractivity contribution in [3.8, 4) is 11.5 Å². The van der Waals surface area contributed by atoms with Gasteiger partial charge in [0.15, 0.2) is 18.1 Å². The molecule has 2 aromatic carbocycles. The van der Waals surface area contributed by atoms with Gasteiger partial charge in [-0.05, 0) is 29.7 Å². The molecule has 0 aromatic heterocycles. The Bertz CT molecular complexity index is 903. The Morgan fingerprint density at radius 1 is 1.03 bits per heavy atom. The Morgan fingerprint density at radius 3 is 2.55 bits per heavy atom. The molecule has 0 saturated carbocycles. The van der Waals surface area contributed by atoms with Crippen LogP contribution in [-0.4, -0.2) is 37.1 Å². The zero-order valence-corrected chi connectivity index (χ0v) is 16.0. The average molecular weight is 414 g/mol. The van der Waals surface area contributed by atoms with Gasteiger partial charge in [0.05, 0.1) is 0 Å². The lowest BCUT2D eigenvalue weighted by atomic mass is 10.2. The Kier molecular flexibility index (Phi) is 7.12. The quantitative estimate of drug-likeness (QED) is 0.322. The summed E-state index contributed by atoms with van der Waals surface area (Å²) in [5.41, 5.74) is 4.37. The van der Waals surface area contributed by atoms with Crippen molar-refractivity contribution in [2.45, 2.75) is 11.0 Å². The molecule has 0 spiro atoms. The van der Waals surface area contributed by atoms with Crippen LogP contribution in [0.25, 0.3) is 0 Å². The molecular weight excluding hydrogens is 396 g/mol. The van der Waals surface area contributed by atoms with Gasteiger partial charge in [-0.25, -0.2) is 4.79 Å². The average Bonchev–Trinajstić information content (AvgIpc) is 2.76. The highest BCUT2D eigenvalue weighted by Crippen LogP contribution is 2.30. The van der Waals surface area contributed by atoms with Crippen LogP contribution in [0.4, 0.5) is 0 Å². The zero-order valence-electron chi connectivity index (χ0n) is 15.2. The molecule has 1 atom stereocenters. The SMILES string of the molecule is O=C(COC(=O)/C=C/Sc1ccccc1)NNC(=O)[C@@H]1COc2ccccc2O1. The van der Waals surface area contributed by atoms with Crippen LogP contribution in [0.2, 0.25) is 0 Å². The second-order valence-electron chi connectivity index (χ2n) is 5.74. The number of para-hydroxylation sites is 2. The number of esters is 1. The fraction of sp³-hybridized carbons (Fsp3) is 0.150. The molecule has 9 heteroatoms. The molecule has 2 aromatic rings. The van der Waals surface area contributed by atoms with E-state index in [0.717, 1.165) is 4.90 Å². The number of amides is 2. The van der Waals surface area contributed by atoms with Crippen LogP contribution in [-0.2, 0) is 19.1 Å². The first kappa shape index (κ1) is 20.3. The van der Waals surface area contributed by atoms with E-state index in [0.29, 0.717) is 11.5 Å². The Labute approximate surface area is 171 Å². The Morgan fingerprint density at radius 2 is 1.76 bits per heavy atom. The van der Waals surface area contributed by atoms with E-state index in [9.17, 15) is 14.4 Å². The minimum Gasteiger partial charge on any atom is -0.485 e. The van der Waals surface area contributed by atoms with Gasteiger partial charge < -0.3 is 14.2 Å². The summed E-state index contributed by atoms with van der Waals surface area (Å²) in [5.74, 6) is -0.952. The van der Waals surface area contributed by atoms with Crippen molar-refractivity contribution in [3.63, 3.8) is 0 Å². The standard InChI is InChI=1S/C20H18N2O6S/c23-18(13-27-19(24)10-11-29-14-6-2-1-3-7-14)21-22-20(25)17-12-26-15-8-4-5-9-16(15)28-17/h1-11,17H,12-13H2,(H,21,23)(H,22,25)/b11-10+/t17-/m0/s1. The van der Waals surface area contributed by atoms with Gasteiger partial charge in [0.1, 0.15) is 6.61 Å². The van der Waals surface area contributed by atoms with E-state index in [4.69, 9.17) is 14.2 Å². The van der Waals surface area contributed by atoms with E-state index in [2.05, 4.69) is 10.9 Å². The van der Waals surface area contributed by atoms with E-state index in [1.165, 1.54) is 17.8 Å². The first-order chi connectivity index (χ1) is 14.1. The van der Waals surface area contributed by atoms with Crippen molar-refractivity contribution >= 4 is 29.5 Å². The van der Waals surface area contributed by atoms with Crippen LogP contribution in [0.5, 0.6) is 11.5 Å². The maximum atomic E-state index is 12.1. The third-order valence-electron chi connectivity index (χ3n) is 3.62. The van der Waals surface area contributed by atoms with E-state index in [1.54, 1.807) is 29.7 Å². The second kappa shape index (κ2) is 10.2. The number of carbonyl (C=O) groups excluding carboxylic acids is 3. The number of fused-ring (bicyclic) bond motifs is 1. The number of ether oxygens (including phenoxy) is 3. The number of hydrogen-bond acceptors (Lipinski definition) is 7. The number of benzene rings is 2. The minimum atomic E-state index is -0.911. The Balaban J connectivity index is 1.34. The number of carbonyl (C=O) groups is 3. The summed E-state index contributed by atoms with van der Waals surface area (Å²) in [5, 5.41) is 1.57. The maximum Gasteiger partial charge on any atom is 0.331 e. The minimum absolute atomic E-state index is 0.0115. The third-order valence-corrected chi connectivity index (χ3v) is 4.44. The van der Waals surface area contributed by atoms with Crippen molar-refractivity contribution in [2.24, 2.45) is 0 Å². The van der Waals surface area contributed by atoms with Crippen molar-refractivity contribution in [2.75, 3.05) is 13.2 Å². The van der Waals surface area contributed by atoms with Crippen LogP contribution in [0.3, 0.4) is 0 Å². The largest absolute Gasteiger partial charge is 0.485 e. The van der Waals surface area contributed by atoms with Crippen LogP contribution in [0, 0.1) is 0 Å². The summed E-state index contributed by atoms with van der Waals surface area (Å²) in [6, 6.07) is 16.4. The predicted octanol–water partition coefficient (Wildman–Crippen LogP) is 1.82. The topological polar surface area (TPSA) is 103 Å². The molecule has 8 nitrogen and oxygen atoms in total. The van der Waals surface area contributed by atoms with Gasteiger partial charge in [-0.15, -0.1) is 0 Å². The van der Waals surface area contributed by atoms with Crippen LogP contribution in [0.15, 0.2) is 71.0 Å². The Hall–Kier alpha value is -3.46. The molecule has 0 saturated heterocycles. The molecule has 0 radical (unpaired) electrons. The van der Waals surface area contributed by atoms with Gasteiger partial charge in [-0.1, -0.05) is 42.1 Å². The van der Waals surface area contributed by atoms with E-state index in [-0.39, 0.29) is 6.61 Å². The predicted molar refractivity (Wildman–Crippen MR) is 105 cm³/mol. The summed E-state index contributed by atoms with van der Waals surface area (Å²) in [7, 11) is 0. The number of nitrogens with one attached hydrogen (secondary N) is 2. The second-order valence-corrected chi connectivity index (χ2v) is 6.72. The summed E-state index contributed by atoms with van der Waals surface area (Å²) in [6.07, 6.45) is 0.305. The van der Waals surface area contributed by atoms with Gasteiger partial charge in [0.2, 0.25) is 6.10 Å². The highest BCUT2D eigenvalue weighted by atomic mass is 32.2. The fourth-order valence-electron chi connectivity index (χ4n) is 2.25. The highest BCUT2D eigenvalue weighted by Gasteiger charge is 2.27. The van der Waals surface area contributed by atoms with Crippen LogP contribution < -0.4 is 20.3 Å². The molecular formula is C20H18N2O6S. The molecule has 0 aliphatic carbocycles. The summed E-state index contributed by atoms with van der Waals surface area (Å²) < 4.78 is 15.8. The first-order valence-electron chi connectivity index (χ1n) is 8.64. The molecule has 2 amide bonds. The lowest BCUT2D eigenvalue weighted by molar-refractivity contribution is -0.145. The molecule has 1 aliphatic rings. The van der Waals surface area contributed by atoms with Gasteiger partial charge in [-0.3, -0.25) is 20.4 Å². The van der Waals surface area contributed by atoms with Gasteiger partial charge in [0.25, 0.3) is 11.8 Å². The molecule has 0 bridgehead atoms. The fourth-order valence-corrected chi connectivity index (χ4v) is 2.90. The normalized spacial score (nSPS) is 14.8. The molecule has 29 heavy (non-hydrogen) atoms. The van der Waals surface area contributed by atoms with Gasteiger partial charge in [-0.2, -0.15) is 0 Å². The molecule has 3 rings (SSSR count). The first-order valence-corrected chi connectivity index (χ1v) is 9.52. The molecule has 150 valence electrons. The van der Waals surface area contributed by atoms with E-state index in [1.807, 2.05) is 30.3 Å². The molecule has 2 N–H and O–H groups in total. The lowest BCUT2D eigenvalue weighted by Crippen LogP contribution is -2.51. The van der Waals surface area contributed by atoms with Gasteiger partial charge in [0, 0.05) is 11.0 Å². The number of hydrazine groups is 1. The van der Waals surface area contributed by atoms with Crippen molar-refractivity contribution in [1.29, 1.82) is 0 Å². The molecule has 0 unspecified atom stereocenters. The summed E-state index contributed by atoms with van der Waals surface area (Å²) >= 11 is 1.34. The maximum absolute atomic E-state index is 12.1. The van der Waals surface area contributed by atoms with Crippen molar-refractivity contribution in [1.82, 2.24) is 10.9 Å². The van der Waals surface area contributed by atoms with Crippen molar-refractivity contribution < 1.29 is 28.6 Å². The molecule has 0 fully saturated rings. The van der Waals surface area contributed by atoms with E-state index < -0.39 is 30.5 Å².